The number of nitrogens with zero attached hydrogens (tertiary/aromatic N) is 1. The second-order valence-electron chi connectivity index (χ2n) is 4.42. The summed E-state index contributed by atoms with van der Waals surface area (Å²) in [7, 11) is 0. The van der Waals surface area contributed by atoms with E-state index in [4.69, 9.17) is 0 Å². The molecule has 0 aromatic carbocycles. The van der Waals surface area contributed by atoms with Gasteiger partial charge >= 0.3 is 0 Å². The molecule has 3 nitrogen and oxygen atoms in total. The van der Waals surface area contributed by atoms with Crippen LogP contribution in [0.15, 0.2) is 0 Å². The van der Waals surface area contributed by atoms with Gasteiger partial charge in [-0.2, -0.15) is 0 Å². The van der Waals surface area contributed by atoms with Crippen molar-refractivity contribution in [2.24, 2.45) is 5.92 Å². The van der Waals surface area contributed by atoms with Crippen LogP contribution in [0.5, 0.6) is 0 Å². The molecule has 3 heteroatoms. The Balaban J connectivity index is 2.46. The van der Waals surface area contributed by atoms with Gasteiger partial charge in [-0.05, 0) is 32.2 Å². The third-order valence-electron chi connectivity index (χ3n) is 2.64. The fraction of sp³-hybridized carbons (Fsp3) is 0.909. The highest BCUT2D eigenvalue weighted by atomic mass is 16.2. The SMILES string of the molecule is CCN(CC(C)C)C(=O)C1CCCN1. The minimum atomic E-state index is 0.0914. The number of carbonyl (C=O) groups is 1. The summed E-state index contributed by atoms with van der Waals surface area (Å²) in [4.78, 5) is 13.9. The van der Waals surface area contributed by atoms with E-state index >= 15 is 0 Å². The zero-order chi connectivity index (χ0) is 10.6. The van der Waals surface area contributed by atoms with E-state index in [1.54, 1.807) is 0 Å². The van der Waals surface area contributed by atoms with Gasteiger partial charge in [0.15, 0.2) is 0 Å². The van der Waals surface area contributed by atoms with E-state index in [9.17, 15) is 4.79 Å². The molecule has 1 rings (SSSR count). The van der Waals surface area contributed by atoms with Crippen molar-refractivity contribution < 1.29 is 4.79 Å². The molecule has 0 bridgehead atoms. The minimum Gasteiger partial charge on any atom is -0.341 e. The van der Waals surface area contributed by atoms with Crippen molar-refractivity contribution in [1.82, 2.24) is 10.2 Å². The van der Waals surface area contributed by atoms with Gasteiger partial charge in [-0.1, -0.05) is 13.8 Å². The number of hydrogen-bond acceptors (Lipinski definition) is 2. The lowest BCUT2D eigenvalue weighted by Crippen LogP contribution is -2.44. The van der Waals surface area contributed by atoms with Crippen LogP contribution in [0, 0.1) is 5.92 Å². The zero-order valence-corrected chi connectivity index (χ0v) is 9.55. The van der Waals surface area contributed by atoms with Crippen LogP contribution < -0.4 is 5.32 Å². The van der Waals surface area contributed by atoms with E-state index in [1.165, 1.54) is 0 Å². The summed E-state index contributed by atoms with van der Waals surface area (Å²) in [6.45, 7) is 9.06. The van der Waals surface area contributed by atoms with Crippen LogP contribution in [-0.2, 0) is 4.79 Å². The van der Waals surface area contributed by atoms with Crippen molar-refractivity contribution >= 4 is 5.91 Å². The molecule has 1 amide bonds. The highest BCUT2D eigenvalue weighted by Crippen LogP contribution is 2.09. The van der Waals surface area contributed by atoms with Crippen LogP contribution in [0.25, 0.3) is 0 Å². The lowest BCUT2D eigenvalue weighted by Gasteiger charge is -2.25. The second kappa shape index (κ2) is 5.35. The Morgan fingerprint density at radius 3 is 2.71 bits per heavy atom. The van der Waals surface area contributed by atoms with Crippen LogP contribution in [0.1, 0.15) is 33.6 Å². The van der Waals surface area contributed by atoms with E-state index in [0.717, 1.165) is 32.5 Å². The Morgan fingerprint density at radius 1 is 1.57 bits per heavy atom. The highest BCUT2D eigenvalue weighted by Gasteiger charge is 2.26. The molecule has 1 heterocycles. The summed E-state index contributed by atoms with van der Waals surface area (Å²) in [6.07, 6.45) is 2.14. The highest BCUT2D eigenvalue weighted by molar-refractivity contribution is 5.82. The second-order valence-corrected chi connectivity index (χ2v) is 4.42. The van der Waals surface area contributed by atoms with Crippen molar-refractivity contribution in [3.05, 3.63) is 0 Å². The molecule has 82 valence electrons. The van der Waals surface area contributed by atoms with Gasteiger partial charge < -0.3 is 10.2 Å². The summed E-state index contributed by atoms with van der Waals surface area (Å²) >= 11 is 0. The van der Waals surface area contributed by atoms with Crippen LogP contribution >= 0.6 is 0 Å². The standard InChI is InChI=1S/C11H22N2O/c1-4-13(8-9(2)3)11(14)10-6-5-7-12-10/h9-10,12H,4-8H2,1-3H3. The largest absolute Gasteiger partial charge is 0.341 e. The predicted octanol–water partition coefficient (Wildman–Crippen LogP) is 1.24. The molecule has 1 N–H and O–H groups in total. The summed E-state index contributed by atoms with van der Waals surface area (Å²) < 4.78 is 0. The quantitative estimate of drug-likeness (QED) is 0.737. The molecule has 1 aliphatic rings. The van der Waals surface area contributed by atoms with E-state index < -0.39 is 0 Å². The number of hydrogen-bond donors (Lipinski definition) is 1. The number of likely N-dealkylation sites (N-methyl/N-ethyl adjacent to an activating group) is 1. The molecule has 1 fully saturated rings. The van der Waals surface area contributed by atoms with E-state index in [0.29, 0.717) is 11.8 Å². The van der Waals surface area contributed by atoms with Gasteiger partial charge in [-0.25, -0.2) is 0 Å². The topological polar surface area (TPSA) is 32.3 Å². The summed E-state index contributed by atoms with van der Waals surface area (Å²) in [6, 6.07) is 0.0914. The van der Waals surface area contributed by atoms with Crippen LogP contribution in [-0.4, -0.2) is 36.5 Å². The fourth-order valence-corrected chi connectivity index (χ4v) is 1.93. The molecule has 0 radical (unpaired) electrons. The maximum Gasteiger partial charge on any atom is 0.239 e. The molecular formula is C11H22N2O. The zero-order valence-electron chi connectivity index (χ0n) is 9.55. The van der Waals surface area contributed by atoms with Gasteiger partial charge in [-0.15, -0.1) is 0 Å². The maximum atomic E-state index is 12.0. The average Bonchev–Trinajstić information content (AvgIpc) is 2.65. The average molecular weight is 198 g/mol. The molecule has 0 aromatic rings. The van der Waals surface area contributed by atoms with Crippen molar-refractivity contribution in [3.63, 3.8) is 0 Å². The van der Waals surface area contributed by atoms with Gasteiger partial charge in [0.05, 0.1) is 6.04 Å². The molecule has 0 aromatic heterocycles. The fourth-order valence-electron chi connectivity index (χ4n) is 1.93. The van der Waals surface area contributed by atoms with E-state index in [1.807, 2.05) is 4.90 Å². The monoisotopic (exact) mass is 198 g/mol. The first-order valence-corrected chi connectivity index (χ1v) is 5.67. The number of nitrogens with one attached hydrogen (secondary N) is 1. The molecule has 14 heavy (non-hydrogen) atoms. The normalized spacial score (nSPS) is 21.6. The van der Waals surface area contributed by atoms with E-state index in [-0.39, 0.29) is 6.04 Å². The van der Waals surface area contributed by atoms with Crippen molar-refractivity contribution in [3.8, 4) is 0 Å². The minimum absolute atomic E-state index is 0.0914. The molecule has 1 unspecified atom stereocenters. The molecule has 1 atom stereocenters. The van der Waals surface area contributed by atoms with E-state index in [2.05, 4.69) is 26.1 Å². The van der Waals surface area contributed by atoms with Gasteiger partial charge in [0.1, 0.15) is 0 Å². The Bertz CT molecular complexity index is 186. The Labute approximate surface area is 86.9 Å². The summed E-state index contributed by atoms with van der Waals surface area (Å²) in [5.74, 6) is 0.846. The first kappa shape index (κ1) is 11.5. The molecule has 1 saturated heterocycles. The smallest absolute Gasteiger partial charge is 0.239 e. The lowest BCUT2D eigenvalue weighted by molar-refractivity contribution is -0.133. The van der Waals surface area contributed by atoms with Crippen molar-refractivity contribution in [2.45, 2.75) is 39.7 Å². The summed E-state index contributed by atoms with van der Waals surface area (Å²) in [5.41, 5.74) is 0. The predicted molar refractivity (Wildman–Crippen MR) is 58.1 cm³/mol. The third kappa shape index (κ3) is 2.98. The Kier molecular flexibility index (Phi) is 4.39. The Morgan fingerprint density at radius 2 is 2.29 bits per heavy atom. The number of carbonyl (C=O) groups excluding carboxylic acids is 1. The third-order valence-corrected chi connectivity index (χ3v) is 2.64. The van der Waals surface area contributed by atoms with Gasteiger partial charge in [-0.3, -0.25) is 4.79 Å². The maximum absolute atomic E-state index is 12.0. The van der Waals surface area contributed by atoms with Crippen LogP contribution in [0.2, 0.25) is 0 Å². The van der Waals surface area contributed by atoms with Crippen molar-refractivity contribution in [1.29, 1.82) is 0 Å². The van der Waals surface area contributed by atoms with Crippen LogP contribution in [0.4, 0.5) is 0 Å². The van der Waals surface area contributed by atoms with Gasteiger partial charge in [0, 0.05) is 13.1 Å². The van der Waals surface area contributed by atoms with Crippen molar-refractivity contribution in [2.75, 3.05) is 19.6 Å². The molecule has 0 spiro atoms. The first-order chi connectivity index (χ1) is 6.65. The molecule has 1 aliphatic heterocycles. The number of rotatable bonds is 4. The van der Waals surface area contributed by atoms with Crippen LogP contribution in [0.3, 0.4) is 0 Å². The van der Waals surface area contributed by atoms with Gasteiger partial charge in [0.2, 0.25) is 5.91 Å². The number of amides is 1. The molecule has 0 saturated carbocycles. The Hall–Kier alpha value is -0.570. The summed E-state index contributed by atoms with van der Waals surface area (Å²) in [5, 5.41) is 3.25. The van der Waals surface area contributed by atoms with Gasteiger partial charge in [0.25, 0.3) is 0 Å². The molecule has 0 aliphatic carbocycles. The first-order valence-electron chi connectivity index (χ1n) is 5.67. The lowest BCUT2D eigenvalue weighted by atomic mass is 10.1. The molecular weight excluding hydrogens is 176 g/mol.